The molecule has 2 aliphatic heterocycles. The van der Waals surface area contributed by atoms with Crippen molar-refractivity contribution in [1.29, 1.82) is 0 Å². The first-order valence-electron chi connectivity index (χ1n) is 13.4. The molecule has 12 heteroatoms. The molecule has 3 amide bonds. The van der Waals surface area contributed by atoms with Crippen LogP contribution in [0.5, 0.6) is 0 Å². The summed E-state index contributed by atoms with van der Waals surface area (Å²) in [6, 6.07) is 9.20. The summed E-state index contributed by atoms with van der Waals surface area (Å²) in [7, 11) is 0. The number of amides is 3. The van der Waals surface area contributed by atoms with E-state index in [1.54, 1.807) is 35.9 Å². The van der Waals surface area contributed by atoms with E-state index < -0.39 is 11.2 Å². The van der Waals surface area contributed by atoms with Crippen molar-refractivity contribution in [1.82, 2.24) is 24.3 Å². The molecule has 212 valence electrons. The highest BCUT2D eigenvalue weighted by Crippen LogP contribution is 2.50. The SMILES string of the molecule is CC(C)(N)C(=O)N1CCN(C(=O)Nc2ccn(-c3cccc(CCN4CC5C(CN)C5C4)c3)c(=O)n2)CC1.Cl. The minimum absolute atomic E-state index is 0. The Balaban J connectivity index is 0.00000353. The lowest BCUT2D eigenvalue weighted by atomic mass is 10.1. The maximum Gasteiger partial charge on any atom is 0.354 e. The Morgan fingerprint density at radius 2 is 1.74 bits per heavy atom. The third-order valence-corrected chi connectivity index (χ3v) is 8.07. The number of hydrogen-bond acceptors (Lipinski definition) is 7. The summed E-state index contributed by atoms with van der Waals surface area (Å²) in [4.78, 5) is 47.7. The van der Waals surface area contributed by atoms with Gasteiger partial charge in [0.05, 0.1) is 11.2 Å². The predicted molar refractivity (Wildman–Crippen MR) is 152 cm³/mol. The Kier molecular flexibility index (Phi) is 8.65. The summed E-state index contributed by atoms with van der Waals surface area (Å²) in [5, 5.41) is 2.70. The van der Waals surface area contributed by atoms with E-state index in [2.05, 4.69) is 21.3 Å². The smallest absolute Gasteiger partial charge is 0.338 e. The molecule has 2 saturated heterocycles. The van der Waals surface area contributed by atoms with Gasteiger partial charge in [-0.3, -0.25) is 14.7 Å². The monoisotopic (exact) mass is 558 g/mol. The third-order valence-electron chi connectivity index (χ3n) is 8.07. The number of halogens is 1. The minimum atomic E-state index is -0.944. The van der Waals surface area contributed by atoms with Gasteiger partial charge >= 0.3 is 11.7 Å². The zero-order valence-electron chi connectivity index (χ0n) is 22.6. The first-order chi connectivity index (χ1) is 18.1. The van der Waals surface area contributed by atoms with Gasteiger partial charge in [-0.2, -0.15) is 4.98 Å². The van der Waals surface area contributed by atoms with Crippen molar-refractivity contribution in [2.24, 2.45) is 29.2 Å². The summed E-state index contributed by atoms with van der Waals surface area (Å²) in [6.45, 7) is 9.01. The van der Waals surface area contributed by atoms with Gasteiger partial charge in [-0.05, 0) is 68.3 Å². The largest absolute Gasteiger partial charge is 0.354 e. The molecule has 11 nitrogen and oxygen atoms in total. The number of anilines is 1. The number of rotatable bonds is 7. The number of carbonyl (C=O) groups is 2. The van der Waals surface area contributed by atoms with Gasteiger partial charge in [0.1, 0.15) is 5.82 Å². The molecule has 1 saturated carbocycles. The molecule has 5 N–H and O–H groups in total. The molecular formula is C27H39ClN8O3. The van der Waals surface area contributed by atoms with Gasteiger partial charge in [0.15, 0.2) is 0 Å². The number of aromatic nitrogens is 2. The summed E-state index contributed by atoms with van der Waals surface area (Å²) in [5.74, 6) is 2.35. The van der Waals surface area contributed by atoms with Crippen LogP contribution in [0.3, 0.4) is 0 Å². The third kappa shape index (κ3) is 6.43. The van der Waals surface area contributed by atoms with Gasteiger partial charge in [0.25, 0.3) is 0 Å². The molecule has 1 aromatic carbocycles. The van der Waals surface area contributed by atoms with Crippen molar-refractivity contribution in [2.75, 3.05) is 57.7 Å². The zero-order chi connectivity index (χ0) is 27.0. The van der Waals surface area contributed by atoms with Crippen LogP contribution in [0, 0.1) is 17.8 Å². The maximum atomic E-state index is 12.8. The molecule has 0 spiro atoms. The van der Waals surface area contributed by atoms with Crippen LogP contribution < -0.4 is 22.5 Å². The number of carbonyl (C=O) groups excluding carboxylic acids is 2. The van der Waals surface area contributed by atoms with Crippen molar-refractivity contribution in [3.05, 3.63) is 52.6 Å². The lowest BCUT2D eigenvalue weighted by Crippen LogP contribution is -2.58. The van der Waals surface area contributed by atoms with Gasteiger partial charge in [0.2, 0.25) is 5.91 Å². The van der Waals surface area contributed by atoms with E-state index in [4.69, 9.17) is 11.5 Å². The Hall–Kier alpha value is -2.99. The summed E-state index contributed by atoms with van der Waals surface area (Å²) < 4.78 is 1.48. The summed E-state index contributed by atoms with van der Waals surface area (Å²) in [5.41, 5.74) is 12.2. The van der Waals surface area contributed by atoms with Crippen LogP contribution in [0.25, 0.3) is 5.69 Å². The maximum absolute atomic E-state index is 12.8. The van der Waals surface area contributed by atoms with Crippen LogP contribution in [0.4, 0.5) is 10.6 Å². The molecule has 2 aromatic rings. The number of nitrogens with one attached hydrogen (secondary N) is 1. The van der Waals surface area contributed by atoms with Crippen molar-refractivity contribution >= 4 is 30.2 Å². The second-order valence-electron chi connectivity index (χ2n) is 11.3. The van der Waals surface area contributed by atoms with E-state index in [-0.39, 0.29) is 30.2 Å². The Bertz CT molecular complexity index is 1240. The second kappa shape index (κ2) is 11.6. The minimum Gasteiger partial charge on any atom is -0.338 e. The molecule has 0 radical (unpaired) electrons. The molecule has 1 aliphatic carbocycles. The lowest BCUT2D eigenvalue weighted by Gasteiger charge is -2.37. The zero-order valence-corrected chi connectivity index (χ0v) is 23.4. The van der Waals surface area contributed by atoms with E-state index in [0.29, 0.717) is 26.2 Å². The molecule has 3 heterocycles. The Labute approximate surface area is 234 Å². The number of piperidine rings is 1. The van der Waals surface area contributed by atoms with Crippen LogP contribution in [0.15, 0.2) is 41.3 Å². The van der Waals surface area contributed by atoms with Crippen molar-refractivity contribution in [2.45, 2.75) is 25.8 Å². The number of likely N-dealkylation sites (tertiary alicyclic amines) is 1. The summed E-state index contributed by atoms with van der Waals surface area (Å²) >= 11 is 0. The number of hydrogen-bond donors (Lipinski definition) is 3. The highest BCUT2D eigenvalue weighted by molar-refractivity contribution is 5.89. The van der Waals surface area contributed by atoms with Gasteiger partial charge in [-0.25, -0.2) is 9.59 Å². The van der Waals surface area contributed by atoms with E-state index >= 15 is 0 Å². The fourth-order valence-electron chi connectivity index (χ4n) is 5.80. The molecular weight excluding hydrogens is 520 g/mol. The fraction of sp³-hybridized carbons (Fsp3) is 0.556. The van der Waals surface area contributed by atoms with Crippen molar-refractivity contribution in [3.8, 4) is 5.69 Å². The number of benzene rings is 1. The number of piperazine rings is 1. The molecule has 2 atom stereocenters. The van der Waals surface area contributed by atoms with Gasteiger partial charge in [-0.15, -0.1) is 12.4 Å². The van der Waals surface area contributed by atoms with Crippen molar-refractivity contribution < 1.29 is 9.59 Å². The van der Waals surface area contributed by atoms with E-state index in [1.807, 2.05) is 18.2 Å². The molecule has 5 rings (SSSR count). The quantitative estimate of drug-likeness (QED) is 0.455. The molecule has 0 bridgehead atoms. The number of urea groups is 1. The van der Waals surface area contributed by atoms with Crippen LogP contribution in [-0.2, 0) is 11.2 Å². The average Bonchev–Trinajstić information content (AvgIpc) is 3.37. The number of fused-ring (bicyclic) bond motifs is 1. The fourth-order valence-corrected chi connectivity index (χ4v) is 5.80. The first-order valence-corrected chi connectivity index (χ1v) is 13.4. The Morgan fingerprint density at radius 3 is 2.36 bits per heavy atom. The van der Waals surface area contributed by atoms with E-state index in [0.717, 1.165) is 56.0 Å². The highest BCUT2D eigenvalue weighted by Gasteiger charge is 2.54. The predicted octanol–water partition coefficient (Wildman–Crippen LogP) is 0.747. The first kappa shape index (κ1) is 29.0. The van der Waals surface area contributed by atoms with E-state index in [9.17, 15) is 14.4 Å². The molecule has 3 fully saturated rings. The Morgan fingerprint density at radius 1 is 1.08 bits per heavy atom. The molecule has 1 aromatic heterocycles. The molecule has 2 unspecified atom stereocenters. The lowest BCUT2D eigenvalue weighted by molar-refractivity contribution is -0.137. The highest BCUT2D eigenvalue weighted by atomic mass is 35.5. The van der Waals surface area contributed by atoms with Gasteiger partial charge in [0, 0.05) is 52.0 Å². The van der Waals surface area contributed by atoms with Crippen LogP contribution in [0.1, 0.15) is 19.4 Å². The standard InChI is InChI=1S/C27H38N8O3.ClH/c1-27(2,29)24(36)33-10-12-34(13-11-33)25(37)30-23-7-9-35(26(38)31-23)19-5-3-4-18(14-19)6-8-32-16-21-20(15-28)22(21)17-32;/h3-5,7,9,14,20-22H,6,8,10-13,15-17,28-29H2,1-2H3,(H,30,31,37,38);1H. The normalized spacial score (nSPS) is 22.7. The van der Waals surface area contributed by atoms with Crippen LogP contribution in [-0.4, -0.2) is 94.1 Å². The average molecular weight is 559 g/mol. The summed E-state index contributed by atoms with van der Waals surface area (Å²) in [6.07, 6.45) is 2.55. The van der Waals surface area contributed by atoms with Crippen LogP contribution in [0.2, 0.25) is 0 Å². The second-order valence-corrected chi connectivity index (χ2v) is 11.3. The molecule has 39 heavy (non-hydrogen) atoms. The van der Waals surface area contributed by atoms with Gasteiger partial charge in [-0.1, -0.05) is 12.1 Å². The number of nitrogens with zero attached hydrogens (tertiary/aromatic N) is 5. The van der Waals surface area contributed by atoms with Crippen molar-refractivity contribution in [3.63, 3.8) is 0 Å². The van der Waals surface area contributed by atoms with Crippen LogP contribution >= 0.6 is 12.4 Å². The van der Waals surface area contributed by atoms with E-state index in [1.165, 1.54) is 10.1 Å². The number of nitrogens with two attached hydrogens (primary N) is 2. The van der Waals surface area contributed by atoms with Gasteiger partial charge < -0.3 is 26.2 Å². The topological polar surface area (TPSA) is 143 Å². The molecule has 3 aliphatic rings.